The highest BCUT2D eigenvalue weighted by atomic mass is 19.1. The van der Waals surface area contributed by atoms with Gasteiger partial charge in [-0.3, -0.25) is 9.59 Å². The number of benzene rings is 3. The highest BCUT2D eigenvalue weighted by molar-refractivity contribution is 6.02. The van der Waals surface area contributed by atoms with Crippen LogP contribution in [-0.4, -0.2) is 36.7 Å². The molecule has 1 saturated heterocycles. The zero-order valence-corrected chi connectivity index (χ0v) is 19.1. The second-order valence-electron chi connectivity index (χ2n) is 9.04. The van der Waals surface area contributed by atoms with Gasteiger partial charge in [-0.05, 0) is 54.8 Å². The summed E-state index contributed by atoms with van der Waals surface area (Å²) in [7, 11) is 0. The Labute approximate surface area is 200 Å². The molecule has 0 unspecified atom stereocenters. The Hall–Kier alpha value is -3.91. The monoisotopic (exact) mass is 472 g/mol. The summed E-state index contributed by atoms with van der Waals surface area (Å²) in [6.07, 6.45) is 4.07. The van der Waals surface area contributed by atoms with E-state index in [9.17, 15) is 9.59 Å². The van der Waals surface area contributed by atoms with Gasteiger partial charge in [0.15, 0.2) is 17.3 Å². The van der Waals surface area contributed by atoms with Crippen LogP contribution in [-0.2, 0) is 0 Å². The molecule has 0 bridgehead atoms. The second kappa shape index (κ2) is 8.39. The normalized spacial score (nSPS) is 14.3. The first kappa shape index (κ1) is 21.6. The quantitative estimate of drug-likeness (QED) is 0.377. The van der Waals surface area contributed by atoms with Gasteiger partial charge in [-0.1, -0.05) is 24.3 Å². The van der Waals surface area contributed by atoms with E-state index in [1.54, 1.807) is 10.8 Å². The molecule has 4 aromatic rings. The average Bonchev–Trinajstić information content (AvgIpc) is 3.39. The molecule has 0 radical (unpaired) electrons. The molecular formula is C27H25FN4O3. The Balaban J connectivity index is 1.65. The number of nitrogens with two attached hydrogens (primary N) is 1. The lowest BCUT2D eigenvalue weighted by Crippen LogP contribution is -2.32. The zero-order valence-electron chi connectivity index (χ0n) is 19.1. The van der Waals surface area contributed by atoms with Crippen LogP contribution < -0.4 is 26.1 Å². The Morgan fingerprint density at radius 1 is 1.11 bits per heavy atom. The first-order valence-corrected chi connectivity index (χ1v) is 11.9. The van der Waals surface area contributed by atoms with Crippen LogP contribution in [0.2, 0.25) is 0 Å². The van der Waals surface area contributed by atoms with E-state index in [0.29, 0.717) is 47.9 Å². The number of rotatable bonds is 5. The minimum atomic E-state index is -0.526. The molecule has 0 aliphatic carbocycles. The number of halogens is 1. The third-order valence-electron chi connectivity index (χ3n) is 6.80. The number of pyridine rings is 1. The summed E-state index contributed by atoms with van der Waals surface area (Å²) in [4.78, 5) is 28.3. The van der Waals surface area contributed by atoms with Crippen LogP contribution in [0, 0.1) is 5.82 Å². The Bertz CT molecular complexity index is 1560. The summed E-state index contributed by atoms with van der Waals surface area (Å²) < 4.78 is 23.7. The summed E-state index contributed by atoms with van der Waals surface area (Å²) in [6.45, 7) is 2.21. The van der Waals surface area contributed by atoms with Crippen molar-refractivity contribution in [2.45, 2.75) is 19.3 Å². The van der Waals surface area contributed by atoms with Crippen molar-refractivity contribution in [2.75, 3.05) is 31.1 Å². The molecule has 178 valence electrons. The van der Waals surface area contributed by atoms with Crippen LogP contribution in [0.5, 0.6) is 11.5 Å². The number of fused-ring (bicyclic) bond motifs is 3. The van der Waals surface area contributed by atoms with E-state index >= 15 is 4.39 Å². The van der Waals surface area contributed by atoms with Crippen molar-refractivity contribution in [1.82, 2.24) is 9.88 Å². The van der Waals surface area contributed by atoms with Gasteiger partial charge < -0.3 is 25.3 Å². The van der Waals surface area contributed by atoms with Crippen molar-refractivity contribution < 1.29 is 13.9 Å². The first-order valence-electron chi connectivity index (χ1n) is 11.9. The Morgan fingerprint density at radius 2 is 1.86 bits per heavy atom. The van der Waals surface area contributed by atoms with Crippen LogP contribution >= 0.6 is 0 Å². The van der Waals surface area contributed by atoms with E-state index in [0.717, 1.165) is 36.7 Å². The number of nitrogens with one attached hydrogen (secondary N) is 1. The van der Waals surface area contributed by atoms with Gasteiger partial charge in [0.25, 0.3) is 5.91 Å². The van der Waals surface area contributed by atoms with Crippen molar-refractivity contribution in [1.29, 1.82) is 0 Å². The Kier molecular flexibility index (Phi) is 5.18. The van der Waals surface area contributed by atoms with E-state index in [4.69, 9.17) is 10.5 Å². The lowest BCUT2D eigenvalue weighted by Gasteiger charge is -2.29. The van der Waals surface area contributed by atoms with Crippen LogP contribution in [0.15, 0.2) is 53.5 Å². The molecule has 3 heterocycles. The maximum atomic E-state index is 15.6. The van der Waals surface area contributed by atoms with Crippen molar-refractivity contribution in [3.05, 3.63) is 70.3 Å². The molecule has 2 aliphatic rings. The third kappa shape index (κ3) is 3.44. The highest BCUT2D eigenvalue weighted by Crippen LogP contribution is 2.48. The van der Waals surface area contributed by atoms with Crippen LogP contribution in [0.1, 0.15) is 29.6 Å². The Morgan fingerprint density at radius 3 is 2.60 bits per heavy atom. The molecule has 6 rings (SSSR count). The molecule has 8 heteroatoms. The maximum Gasteiger partial charge on any atom is 0.256 e. The topological polar surface area (TPSA) is 89.6 Å². The van der Waals surface area contributed by atoms with Gasteiger partial charge in [0, 0.05) is 25.8 Å². The van der Waals surface area contributed by atoms with Gasteiger partial charge in [-0.25, -0.2) is 4.39 Å². The lowest BCUT2D eigenvalue weighted by molar-refractivity contribution is 0.0952. The smallest absolute Gasteiger partial charge is 0.256 e. The number of hydrogen-bond donors (Lipinski definition) is 2. The van der Waals surface area contributed by atoms with E-state index < -0.39 is 17.2 Å². The predicted octanol–water partition coefficient (Wildman–Crippen LogP) is 4.07. The summed E-state index contributed by atoms with van der Waals surface area (Å²) in [5, 5.41) is 4.83. The number of carbonyl (C=O) groups is 1. The second-order valence-corrected chi connectivity index (χ2v) is 9.04. The van der Waals surface area contributed by atoms with Crippen LogP contribution in [0.4, 0.5) is 10.1 Å². The summed E-state index contributed by atoms with van der Waals surface area (Å²) >= 11 is 0. The van der Waals surface area contributed by atoms with Gasteiger partial charge in [0.05, 0.1) is 11.1 Å². The van der Waals surface area contributed by atoms with E-state index in [-0.39, 0.29) is 10.9 Å². The maximum absolute atomic E-state index is 15.6. The van der Waals surface area contributed by atoms with E-state index in [1.807, 2.05) is 41.3 Å². The number of carbonyl (C=O) groups excluding carboxylic acids is 1. The van der Waals surface area contributed by atoms with Crippen molar-refractivity contribution in [3.8, 4) is 17.2 Å². The fourth-order valence-corrected chi connectivity index (χ4v) is 5.09. The average molecular weight is 473 g/mol. The number of anilines is 1. The number of nitrogens with zero attached hydrogens (tertiary/aromatic N) is 2. The molecule has 35 heavy (non-hydrogen) atoms. The lowest BCUT2D eigenvalue weighted by atomic mass is 10.0. The molecule has 1 amide bonds. The molecule has 3 N–H and O–H groups in total. The zero-order chi connectivity index (χ0) is 24.1. The van der Waals surface area contributed by atoms with E-state index in [1.165, 1.54) is 6.07 Å². The first-order chi connectivity index (χ1) is 17.1. The number of ether oxygens (including phenoxy) is 1. The number of amides is 1. The van der Waals surface area contributed by atoms with Crippen molar-refractivity contribution in [3.63, 3.8) is 0 Å². The van der Waals surface area contributed by atoms with Crippen LogP contribution in [0.25, 0.3) is 27.4 Å². The number of aromatic nitrogens is 1. The molecule has 3 aromatic carbocycles. The minimum absolute atomic E-state index is 0.0465. The molecular weight excluding hydrogens is 447 g/mol. The van der Waals surface area contributed by atoms with Crippen LogP contribution in [0.3, 0.4) is 0 Å². The molecule has 0 spiro atoms. The van der Waals surface area contributed by atoms with Gasteiger partial charge in [0.2, 0.25) is 5.43 Å². The molecule has 7 nitrogen and oxygen atoms in total. The summed E-state index contributed by atoms with van der Waals surface area (Å²) in [5.74, 6) is -0.171. The molecule has 0 atom stereocenters. The van der Waals surface area contributed by atoms with Gasteiger partial charge in [0.1, 0.15) is 16.8 Å². The van der Waals surface area contributed by atoms with Crippen molar-refractivity contribution in [2.24, 2.45) is 5.73 Å². The third-order valence-corrected chi connectivity index (χ3v) is 6.80. The van der Waals surface area contributed by atoms with Gasteiger partial charge in [-0.2, -0.15) is 0 Å². The summed E-state index contributed by atoms with van der Waals surface area (Å²) in [5.41, 5.74) is 6.49. The molecule has 0 saturated carbocycles. The summed E-state index contributed by atoms with van der Waals surface area (Å²) in [6, 6.07) is 13.0. The number of hydrogen-bond acceptors (Lipinski definition) is 5. The van der Waals surface area contributed by atoms with Gasteiger partial charge >= 0.3 is 0 Å². The molecule has 1 fully saturated rings. The SMILES string of the molecule is NCCCNC(=O)c1cn2c3c(c(N4CCCC4)c(F)cc3c1=O)Oc1cc3ccccc3cc1-2. The highest BCUT2D eigenvalue weighted by Gasteiger charge is 2.31. The van der Waals surface area contributed by atoms with Crippen molar-refractivity contribution >= 4 is 33.3 Å². The fraction of sp³-hybridized carbons (Fsp3) is 0.259. The molecule has 1 aromatic heterocycles. The predicted molar refractivity (Wildman–Crippen MR) is 135 cm³/mol. The fourth-order valence-electron chi connectivity index (χ4n) is 5.09. The largest absolute Gasteiger partial charge is 0.451 e. The van der Waals surface area contributed by atoms with Gasteiger partial charge in [-0.15, -0.1) is 0 Å². The standard InChI is InChI=1S/C27H25FN4O3/c28-20-14-18-23-26(24(20)31-10-3-4-11-31)35-22-13-17-7-2-1-6-16(17)12-21(22)32(23)15-19(25(18)33)27(34)30-9-5-8-29/h1-2,6-7,12-15H,3-5,8-11,29H2,(H,30,34). The van der Waals surface area contributed by atoms with E-state index in [2.05, 4.69) is 5.32 Å². The molecule has 2 aliphatic heterocycles. The minimum Gasteiger partial charge on any atom is -0.451 e.